The zero-order valence-electron chi connectivity index (χ0n) is 11.0. The Labute approximate surface area is 111 Å². The number of hydrogen-bond donors (Lipinski definition) is 3. The monoisotopic (exact) mass is 265 g/mol. The molecular weight excluding hydrogens is 246 g/mol. The molecule has 1 aliphatic rings. The van der Waals surface area contributed by atoms with Gasteiger partial charge in [0.1, 0.15) is 0 Å². The van der Waals surface area contributed by atoms with Gasteiger partial charge in [0.15, 0.2) is 0 Å². The number of nitrogens with two attached hydrogens (primary N) is 1. The van der Waals surface area contributed by atoms with E-state index in [4.69, 9.17) is 5.73 Å². The lowest BCUT2D eigenvalue weighted by Gasteiger charge is -2.15. The Bertz CT molecular complexity index is 445. The minimum Gasteiger partial charge on any atom is -0.368 e. The summed E-state index contributed by atoms with van der Waals surface area (Å²) in [6.07, 6.45) is 2.26. The fourth-order valence-corrected chi connectivity index (χ4v) is 1.94. The number of nitrogens with zero attached hydrogens (tertiary/aromatic N) is 4. The summed E-state index contributed by atoms with van der Waals surface area (Å²) in [7, 11) is 0. The van der Waals surface area contributed by atoms with Crippen molar-refractivity contribution in [2.75, 3.05) is 42.1 Å². The molecule has 1 fully saturated rings. The van der Waals surface area contributed by atoms with E-state index in [1.54, 1.807) is 0 Å². The summed E-state index contributed by atoms with van der Waals surface area (Å²) in [5.41, 5.74) is 5.66. The average Bonchev–Trinajstić information content (AvgIpc) is 2.90. The molecule has 104 valence electrons. The summed E-state index contributed by atoms with van der Waals surface area (Å²) in [4.78, 5) is 25.8. The first-order chi connectivity index (χ1) is 9.19. The van der Waals surface area contributed by atoms with E-state index in [0.717, 1.165) is 25.9 Å². The number of rotatable bonds is 5. The Morgan fingerprint density at radius 1 is 1.32 bits per heavy atom. The average molecular weight is 265 g/mol. The molecule has 0 atom stereocenters. The third-order valence-corrected chi connectivity index (χ3v) is 2.81. The minimum atomic E-state index is -0.107. The van der Waals surface area contributed by atoms with E-state index in [1.165, 1.54) is 0 Å². The van der Waals surface area contributed by atoms with Crippen molar-refractivity contribution in [2.24, 2.45) is 0 Å². The first kappa shape index (κ1) is 13.3. The third-order valence-electron chi connectivity index (χ3n) is 2.81. The van der Waals surface area contributed by atoms with Gasteiger partial charge in [0.2, 0.25) is 23.8 Å². The molecule has 8 nitrogen and oxygen atoms in total. The van der Waals surface area contributed by atoms with Crippen LogP contribution in [0.25, 0.3) is 0 Å². The molecule has 1 aliphatic heterocycles. The van der Waals surface area contributed by atoms with Gasteiger partial charge in [0.05, 0.1) is 6.54 Å². The van der Waals surface area contributed by atoms with E-state index < -0.39 is 0 Å². The Balaban J connectivity index is 2.02. The van der Waals surface area contributed by atoms with E-state index in [2.05, 4.69) is 30.5 Å². The molecule has 8 heteroatoms. The van der Waals surface area contributed by atoms with Crippen molar-refractivity contribution in [3.8, 4) is 0 Å². The molecule has 2 rings (SSSR count). The van der Waals surface area contributed by atoms with Crippen LogP contribution in [0.4, 0.5) is 17.8 Å². The highest BCUT2D eigenvalue weighted by molar-refractivity contribution is 5.80. The fraction of sp³-hybridized carbons (Fsp3) is 0.636. The van der Waals surface area contributed by atoms with Crippen LogP contribution in [-0.4, -0.2) is 47.0 Å². The van der Waals surface area contributed by atoms with Crippen LogP contribution in [-0.2, 0) is 4.79 Å². The quantitative estimate of drug-likeness (QED) is 0.664. The lowest BCUT2D eigenvalue weighted by atomic mass is 10.4. The second kappa shape index (κ2) is 6.17. The number of aromatic nitrogens is 3. The molecule has 0 aliphatic carbocycles. The van der Waals surface area contributed by atoms with Gasteiger partial charge in [-0.05, 0) is 19.8 Å². The molecule has 0 saturated carbocycles. The second-order valence-electron chi connectivity index (χ2n) is 4.32. The van der Waals surface area contributed by atoms with E-state index in [0.29, 0.717) is 18.4 Å². The van der Waals surface area contributed by atoms with Crippen molar-refractivity contribution in [1.82, 2.24) is 20.3 Å². The van der Waals surface area contributed by atoms with Gasteiger partial charge in [-0.25, -0.2) is 0 Å². The molecule has 0 spiro atoms. The Hall–Kier alpha value is -2.12. The van der Waals surface area contributed by atoms with Crippen molar-refractivity contribution >= 4 is 23.8 Å². The molecule has 0 bridgehead atoms. The van der Waals surface area contributed by atoms with E-state index in [1.807, 2.05) is 6.92 Å². The van der Waals surface area contributed by atoms with Crippen molar-refractivity contribution in [3.05, 3.63) is 0 Å². The van der Waals surface area contributed by atoms with E-state index >= 15 is 0 Å². The number of anilines is 3. The molecule has 2 heterocycles. The van der Waals surface area contributed by atoms with Crippen molar-refractivity contribution in [1.29, 1.82) is 0 Å². The van der Waals surface area contributed by atoms with Gasteiger partial charge >= 0.3 is 0 Å². The van der Waals surface area contributed by atoms with Crippen LogP contribution in [0.2, 0.25) is 0 Å². The lowest BCUT2D eigenvalue weighted by Crippen LogP contribution is -2.30. The summed E-state index contributed by atoms with van der Waals surface area (Å²) in [6.45, 7) is 4.44. The zero-order valence-corrected chi connectivity index (χ0v) is 11.0. The number of amides is 1. The van der Waals surface area contributed by atoms with Gasteiger partial charge in [-0.15, -0.1) is 0 Å². The molecule has 4 N–H and O–H groups in total. The second-order valence-corrected chi connectivity index (χ2v) is 4.32. The summed E-state index contributed by atoms with van der Waals surface area (Å²) in [6, 6.07) is 0. The van der Waals surface area contributed by atoms with Crippen LogP contribution in [0.15, 0.2) is 0 Å². The van der Waals surface area contributed by atoms with Crippen LogP contribution in [0, 0.1) is 0 Å². The number of carbonyl (C=O) groups excluding carboxylic acids is 1. The fourth-order valence-electron chi connectivity index (χ4n) is 1.94. The van der Waals surface area contributed by atoms with E-state index in [9.17, 15) is 4.79 Å². The normalized spacial score (nSPS) is 14.5. The van der Waals surface area contributed by atoms with Crippen LogP contribution in [0.5, 0.6) is 0 Å². The van der Waals surface area contributed by atoms with Gasteiger partial charge in [-0.3, -0.25) is 4.79 Å². The minimum absolute atomic E-state index is 0.107. The van der Waals surface area contributed by atoms with Crippen molar-refractivity contribution in [2.45, 2.75) is 19.8 Å². The van der Waals surface area contributed by atoms with Crippen LogP contribution >= 0.6 is 0 Å². The van der Waals surface area contributed by atoms with Gasteiger partial charge in [0, 0.05) is 19.6 Å². The predicted octanol–water partition coefficient (Wildman–Crippen LogP) is -0.398. The molecule has 1 aromatic heterocycles. The lowest BCUT2D eigenvalue weighted by molar-refractivity contribution is -0.119. The largest absolute Gasteiger partial charge is 0.368 e. The van der Waals surface area contributed by atoms with Crippen LogP contribution < -0.4 is 21.3 Å². The number of hydrogen-bond acceptors (Lipinski definition) is 7. The maximum absolute atomic E-state index is 11.4. The summed E-state index contributed by atoms with van der Waals surface area (Å²) >= 11 is 0. The summed E-state index contributed by atoms with van der Waals surface area (Å²) < 4.78 is 0. The van der Waals surface area contributed by atoms with Gasteiger partial charge in [0.25, 0.3) is 0 Å². The molecule has 0 aromatic carbocycles. The Morgan fingerprint density at radius 2 is 2.05 bits per heavy atom. The molecule has 1 saturated heterocycles. The zero-order chi connectivity index (χ0) is 13.7. The molecule has 0 unspecified atom stereocenters. The van der Waals surface area contributed by atoms with Crippen LogP contribution in [0.3, 0.4) is 0 Å². The van der Waals surface area contributed by atoms with Gasteiger partial charge in [-0.2, -0.15) is 15.0 Å². The molecule has 0 radical (unpaired) electrons. The van der Waals surface area contributed by atoms with E-state index in [-0.39, 0.29) is 18.4 Å². The number of carbonyl (C=O) groups is 1. The molecular formula is C11H19N7O. The third kappa shape index (κ3) is 3.67. The van der Waals surface area contributed by atoms with Gasteiger partial charge in [-0.1, -0.05) is 0 Å². The predicted molar refractivity (Wildman–Crippen MR) is 72.9 cm³/mol. The van der Waals surface area contributed by atoms with Crippen LogP contribution in [0.1, 0.15) is 19.8 Å². The SMILES string of the molecule is CCNC(=O)CNc1nc(N)nc(N2CCCC2)n1. The van der Waals surface area contributed by atoms with Crippen molar-refractivity contribution in [3.63, 3.8) is 0 Å². The highest BCUT2D eigenvalue weighted by Gasteiger charge is 2.16. The Kier molecular flexibility index (Phi) is 4.32. The highest BCUT2D eigenvalue weighted by atomic mass is 16.1. The maximum Gasteiger partial charge on any atom is 0.239 e. The number of nitrogens with one attached hydrogen (secondary N) is 2. The van der Waals surface area contributed by atoms with Crippen molar-refractivity contribution < 1.29 is 4.79 Å². The molecule has 1 aromatic rings. The maximum atomic E-state index is 11.4. The first-order valence-electron chi connectivity index (χ1n) is 6.46. The molecule has 1 amide bonds. The smallest absolute Gasteiger partial charge is 0.239 e. The number of nitrogen functional groups attached to an aromatic ring is 1. The summed E-state index contributed by atoms with van der Waals surface area (Å²) in [5, 5.41) is 5.54. The standard InChI is InChI=1S/C11H19N7O/c1-2-13-8(19)7-14-10-15-9(12)16-11(17-10)18-5-3-4-6-18/h2-7H2,1H3,(H,13,19)(H3,12,14,15,16,17). The summed E-state index contributed by atoms with van der Waals surface area (Å²) in [5.74, 6) is 0.962. The topological polar surface area (TPSA) is 109 Å². The van der Waals surface area contributed by atoms with Gasteiger partial charge < -0.3 is 21.3 Å². The Morgan fingerprint density at radius 3 is 2.74 bits per heavy atom. The molecule has 19 heavy (non-hydrogen) atoms. The number of likely N-dealkylation sites (N-methyl/N-ethyl adjacent to an activating group) is 1. The highest BCUT2D eigenvalue weighted by Crippen LogP contribution is 2.17. The first-order valence-corrected chi connectivity index (χ1v) is 6.46.